The Hall–Kier alpha value is -2.13. The molecule has 0 amide bonds. The van der Waals surface area contributed by atoms with E-state index in [2.05, 4.69) is 37.8 Å². The average molecular weight is 450 g/mol. The Kier molecular flexibility index (Phi) is 5.54. The van der Waals surface area contributed by atoms with Crippen molar-refractivity contribution in [2.45, 2.75) is 13.0 Å². The fourth-order valence-electron chi connectivity index (χ4n) is 2.45. The number of nitrogens with two attached hydrogens (primary N) is 1. The molecule has 1 heterocycles. The van der Waals surface area contributed by atoms with Crippen LogP contribution in [0.2, 0.25) is 0 Å². The van der Waals surface area contributed by atoms with Crippen LogP contribution in [-0.4, -0.2) is 28.9 Å². The van der Waals surface area contributed by atoms with Crippen LogP contribution in [0.5, 0.6) is 11.5 Å². The summed E-state index contributed by atoms with van der Waals surface area (Å²) >= 11 is 2.26. The Morgan fingerprint density at radius 2 is 1.92 bits per heavy atom. The number of H-pyrrole nitrogens is 1. The smallest absolute Gasteiger partial charge is 0.181 e. The molecular formula is C18H19IN4O2. The topological polar surface area (TPSA) is 86.0 Å². The van der Waals surface area contributed by atoms with E-state index in [-0.39, 0.29) is 0 Å². The lowest BCUT2D eigenvalue weighted by Gasteiger charge is -2.14. The molecule has 0 spiro atoms. The summed E-state index contributed by atoms with van der Waals surface area (Å²) in [5.41, 5.74) is 8.17. The van der Waals surface area contributed by atoms with Crippen LogP contribution in [0.3, 0.4) is 0 Å². The van der Waals surface area contributed by atoms with Crippen molar-refractivity contribution in [3.05, 3.63) is 57.4 Å². The molecule has 0 unspecified atom stereocenters. The van der Waals surface area contributed by atoms with Crippen molar-refractivity contribution in [2.24, 2.45) is 5.73 Å². The van der Waals surface area contributed by atoms with Crippen LogP contribution >= 0.6 is 22.6 Å². The summed E-state index contributed by atoms with van der Waals surface area (Å²) in [5, 5.41) is 7.22. The van der Waals surface area contributed by atoms with Gasteiger partial charge < -0.3 is 15.2 Å². The van der Waals surface area contributed by atoms with E-state index >= 15 is 0 Å². The van der Waals surface area contributed by atoms with E-state index in [1.54, 1.807) is 7.11 Å². The zero-order chi connectivity index (χ0) is 17.8. The molecular weight excluding hydrogens is 431 g/mol. The third-order valence-corrected chi connectivity index (χ3v) is 4.47. The Morgan fingerprint density at radius 1 is 1.16 bits per heavy atom. The average Bonchev–Trinajstić information content (AvgIpc) is 3.12. The Balaban J connectivity index is 1.87. The van der Waals surface area contributed by atoms with E-state index in [9.17, 15) is 0 Å². The lowest BCUT2D eigenvalue weighted by molar-refractivity contribution is 0.310. The van der Waals surface area contributed by atoms with Gasteiger partial charge in [0.05, 0.1) is 19.8 Å². The predicted octanol–water partition coefficient (Wildman–Crippen LogP) is 3.53. The fraction of sp³-hybridized carbons (Fsp3) is 0.222. The van der Waals surface area contributed by atoms with Crippen LogP contribution in [0, 0.1) is 3.57 Å². The highest BCUT2D eigenvalue weighted by atomic mass is 127. The molecule has 0 radical (unpaired) electrons. The quantitative estimate of drug-likeness (QED) is 0.562. The van der Waals surface area contributed by atoms with E-state index < -0.39 is 6.04 Å². The van der Waals surface area contributed by atoms with Gasteiger partial charge in [0.15, 0.2) is 17.3 Å². The van der Waals surface area contributed by atoms with Crippen LogP contribution in [-0.2, 0) is 0 Å². The molecule has 3 rings (SSSR count). The van der Waals surface area contributed by atoms with Gasteiger partial charge in [-0.2, -0.15) is 5.10 Å². The Bertz CT molecular complexity index is 849. The molecule has 0 saturated carbocycles. The molecule has 3 N–H and O–H groups in total. The molecule has 6 nitrogen and oxygen atoms in total. The normalized spacial score (nSPS) is 12.0. The maximum Gasteiger partial charge on any atom is 0.181 e. The number of benzene rings is 2. The molecule has 0 aliphatic rings. The summed E-state index contributed by atoms with van der Waals surface area (Å²) < 4.78 is 12.1. The summed E-state index contributed by atoms with van der Waals surface area (Å²) in [5.74, 6) is 2.56. The van der Waals surface area contributed by atoms with Crippen molar-refractivity contribution < 1.29 is 9.47 Å². The first kappa shape index (κ1) is 17.7. The molecule has 0 fully saturated rings. The van der Waals surface area contributed by atoms with Crippen LogP contribution in [0.15, 0.2) is 42.5 Å². The molecule has 0 saturated heterocycles. The molecule has 25 heavy (non-hydrogen) atoms. The highest BCUT2D eigenvalue weighted by Crippen LogP contribution is 2.31. The van der Waals surface area contributed by atoms with Gasteiger partial charge in [0.1, 0.15) is 5.82 Å². The molecule has 0 aliphatic heterocycles. The summed E-state index contributed by atoms with van der Waals surface area (Å²) in [6.45, 7) is 2.48. The third kappa shape index (κ3) is 3.93. The highest BCUT2D eigenvalue weighted by Gasteiger charge is 2.17. The molecule has 130 valence electrons. The predicted molar refractivity (Wildman–Crippen MR) is 105 cm³/mol. The van der Waals surface area contributed by atoms with Gasteiger partial charge in [-0.1, -0.05) is 18.2 Å². The third-order valence-electron chi connectivity index (χ3n) is 3.75. The Labute approximate surface area is 159 Å². The lowest BCUT2D eigenvalue weighted by Crippen LogP contribution is -2.14. The van der Waals surface area contributed by atoms with Gasteiger partial charge in [0.25, 0.3) is 0 Å². The summed E-state index contributed by atoms with van der Waals surface area (Å²) in [6, 6.07) is 13.2. The minimum Gasteiger partial charge on any atom is -0.493 e. The first-order valence-corrected chi connectivity index (χ1v) is 8.94. The van der Waals surface area contributed by atoms with E-state index in [0.717, 1.165) is 14.7 Å². The lowest BCUT2D eigenvalue weighted by atomic mass is 10.1. The van der Waals surface area contributed by atoms with Gasteiger partial charge in [-0.3, -0.25) is 5.10 Å². The molecule has 7 heteroatoms. The van der Waals surface area contributed by atoms with E-state index in [1.807, 2.05) is 49.4 Å². The van der Waals surface area contributed by atoms with Gasteiger partial charge in [0.2, 0.25) is 0 Å². The van der Waals surface area contributed by atoms with Crippen molar-refractivity contribution in [3.8, 4) is 22.9 Å². The van der Waals surface area contributed by atoms with Crippen molar-refractivity contribution in [1.29, 1.82) is 0 Å². The monoisotopic (exact) mass is 450 g/mol. The van der Waals surface area contributed by atoms with E-state index in [0.29, 0.717) is 29.8 Å². The second-order valence-electron chi connectivity index (χ2n) is 5.37. The second-order valence-corrected chi connectivity index (χ2v) is 6.62. The zero-order valence-corrected chi connectivity index (χ0v) is 16.1. The molecule has 0 bridgehead atoms. The number of rotatable bonds is 6. The van der Waals surface area contributed by atoms with Gasteiger partial charge >= 0.3 is 0 Å². The maximum absolute atomic E-state index is 6.36. The number of nitrogens with one attached hydrogen (secondary N) is 1. The van der Waals surface area contributed by atoms with Crippen molar-refractivity contribution in [1.82, 2.24) is 15.2 Å². The van der Waals surface area contributed by atoms with Crippen LogP contribution in [0.1, 0.15) is 24.4 Å². The molecule has 3 aromatic rings. The van der Waals surface area contributed by atoms with Crippen molar-refractivity contribution >= 4 is 22.6 Å². The summed E-state index contributed by atoms with van der Waals surface area (Å²) in [7, 11) is 1.61. The number of ether oxygens (including phenoxy) is 2. The second kappa shape index (κ2) is 7.83. The van der Waals surface area contributed by atoms with E-state index in [1.165, 1.54) is 0 Å². The van der Waals surface area contributed by atoms with Gasteiger partial charge in [-0.05, 0) is 59.3 Å². The number of aromatic amines is 1. The molecule has 1 aromatic heterocycles. The number of hydrogen-bond acceptors (Lipinski definition) is 5. The SMILES string of the molecule is CCOc1cc([C@@H](N)c2nc(-c3ccc(I)cc3)n[nH]2)ccc1OC. The minimum atomic E-state index is -0.435. The largest absolute Gasteiger partial charge is 0.493 e. The van der Waals surface area contributed by atoms with Gasteiger partial charge in [-0.25, -0.2) is 4.98 Å². The van der Waals surface area contributed by atoms with Gasteiger partial charge in [0, 0.05) is 9.13 Å². The van der Waals surface area contributed by atoms with Crippen LogP contribution in [0.4, 0.5) is 0 Å². The van der Waals surface area contributed by atoms with Crippen LogP contribution in [0.25, 0.3) is 11.4 Å². The van der Waals surface area contributed by atoms with Crippen molar-refractivity contribution in [3.63, 3.8) is 0 Å². The van der Waals surface area contributed by atoms with Crippen LogP contribution < -0.4 is 15.2 Å². The minimum absolute atomic E-state index is 0.435. The number of methoxy groups -OCH3 is 1. The first-order chi connectivity index (χ1) is 12.1. The summed E-state index contributed by atoms with van der Waals surface area (Å²) in [4.78, 5) is 4.54. The van der Waals surface area contributed by atoms with Crippen molar-refractivity contribution in [2.75, 3.05) is 13.7 Å². The summed E-state index contributed by atoms with van der Waals surface area (Å²) in [6.07, 6.45) is 0. The maximum atomic E-state index is 6.36. The molecule has 0 aliphatic carbocycles. The zero-order valence-electron chi connectivity index (χ0n) is 14.0. The number of hydrogen-bond donors (Lipinski definition) is 2. The number of halogens is 1. The molecule has 1 atom stereocenters. The fourth-order valence-corrected chi connectivity index (χ4v) is 2.81. The standard InChI is InChI=1S/C18H19IN4O2/c1-3-25-15-10-12(6-9-14(15)24-2)16(20)18-21-17(22-23-18)11-4-7-13(19)8-5-11/h4-10,16H,3,20H2,1-2H3,(H,21,22,23)/t16-/m1/s1. The van der Waals surface area contributed by atoms with E-state index in [4.69, 9.17) is 15.2 Å². The Morgan fingerprint density at radius 3 is 2.60 bits per heavy atom. The molecule has 2 aromatic carbocycles. The van der Waals surface area contributed by atoms with Gasteiger partial charge in [-0.15, -0.1) is 0 Å². The number of aromatic nitrogens is 3. The number of nitrogens with zero attached hydrogens (tertiary/aromatic N) is 2. The first-order valence-electron chi connectivity index (χ1n) is 7.87. The highest BCUT2D eigenvalue weighted by molar-refractivity contribution is 14.1.